The van der Waals surface area contributed by atoms with Crippen LogP contribution in [-0.2, 0) is 11.3 Å². The SMILES string of the molecule is c1ccc(CN2CCN3CC(OCC4CC4)CC3C2)nc1. The minimum atomic E-state index is 0.477. The summed E-state index contributed by atoms with van der Waals surface area (Å²) >= 11 is 0. The van der Waals surface area contributed by atoms with Crippen molar-refractivity contribution in [3.8, 4) is 0 Å². The van der Waals surface area contributed by atoms with Crippen LogP contribution in [0.4, 0.5) is 0 Å². The molecule has 114 valence electrons. The summed E-state index contributed by atoms with van der Waals surface area (Å²) in [7, 11) is 0. The molecule has 2 saturated heterocycles. The highest BCUT2D eigenvalue weighted by Gasteiger charge is 2.37. The second-order valence-corrected chi connectivity index (χ2v) is 6.84. The molecule has 2 unspecified atom stereocenters. The Morgan fingerprint density at radius 1 is 1.19 bits per heavy atom. The number of pyridine rings is 1. The molecule has 4 nitrogen and oxygen atoms in total. The fourth-order valence-corrected chi connectivity index (χ4v) is 3.60. The third-order valence-electron chi connectivity index (χ3n) is 5.04. The Kier molecular flexibility index (Phi) is 3.93. The Morgan fingerprint density at radius 2 is 2.14 bits per heavy atom. The van der Waals surface area contributed by atoms with Crippen molar-refractivity contribution in [3.05, 3.63) is 30.1 Å². The van der Waals surface area contributed by atoms with Crippen molar-refractivity contribution in [2.75, 3.05) is 32.8 Å². The van der Waals surface area contributed by atoms with Gasteiger partial charge in [-0.1, -0.05) is 6.07 Å². The maximum absolute atomic E-state index is 6.10. The van der Waals surface area contributed by atoms with Gasteiger partial charge in [0, 0.05) is 51.6 Å². The van der Waals surface area contributed by atoms with E-state index >= 15 is 0 Å². The monoisotopic (exact) mass is 287 g/mol. The van der Waals surface area contributed by atoms with Crippen molar-refractivity contribution >= 4 is 0 Å². The molecule has 0 N–H and O–H groups in total. The van der Waals surface area contributed by atoms with E-state index in [4.69, 9.17) is 4.74 Å². The van der Waals surface area contributed by atoms with Crippen LogP contribution in [0.15, 0.2) is 24.4 Å². The largest absolute Gasteiger partial charge is 0.377 e. The van der Waals surface area contributed by atoms with Gasteiger partial charge in [-0.15, -0.1) is 0 Å². The highest BCUT2D eigenvalue weighted by atomic mass is 16.5. The molecule has 1 aromatic rings. The average molecular weight is 287 g/mol. The highest BCUT2D eigenvalue weighted by Crippen LogP contribution is 2.31. The predicted molar refractivity (Wildman–Crippen MR) is 82.0 cm³/mol. The summed E-state index contributed by atoms with van der Waals surface area (Å²) in [6, 6.07) is 6.88. The molecule has 3 heterocycles. The Bertz CT molecular complexity index is 462. The van der Waals surface area contributed by atoms with Crippen LogP contribution in [0.3, 0.4) is 0 Å². The fraction of sp³-hybridized carbons (Fsp3) is 0.706. The Balaban J connectivity index is 1.28. The van der Waals surface area contributed by atoms with E-state index in [1.165, 1.54) is 38.0 Å². The van der Waals surface area contributed by atoms with Crippen LogP contribution in [0.25, 0.3) is 0 Å². The molecule has 3 fully saturated rings. The molecule has 1 saturated carbocycles. The topological polar surface area (TPSA) is 28.6 Å². The first-order valence-electron chi connectivity index (χ1n) is 8.35. The van der Waals surface area contributed by atoms with Crippen LogP contribution in [0, 0.1) is 5.92 Å². The Hall–Kier alpha value is -0.970. The molecular weight excluding hydrogens is 262 g/mol. The van der Waals surface area contributed by atoms with Gasteiger partial charge in [0.25, 0.3) is 0 Å². The number of ether oxygens (including phenoxy) is 1. The number of hydrogen-bond donors (Lipinski definition) is 0. The van der Waals surface area contributed by atoms with Crippen molar-refractivity contribution < 1.29 is 4.74 Å². The molecule has 2 aliphatic heterocycles. The number of hydrogen-bond acceptors (Lipinski definition) is 4. The summed E-state index contributed by atoms with van der Waals surface area (Å²) < 4.78 is 6.10. The van der Waals surface area contributed by atoms with Gasteiger partial charge in [-0.05, 0) is 37.3 Å². The standard InChI is InChI=1S/C17H25N3O/c1-2-6-18-15(3-1)10-19-7-8-20-12-17(9-16(20)11-19)21-13-14-4-5-14/h1-3,6,14,16-17H,4-5,7-13H2. The zero-order chi connectivity index (χ0) is 14.1. The molecule has 4 rings (SSSR count). The second-order valence-electron chi connectivity index (χ2n) is 6.84. The quantitative estimate of drug-likeness (QED) is 0.825. The lowest BCUT2D eigenvalue weighted by Gasteiger charge is -2.37. The van der Waals surface area contributed by atoms with E-state index in [9.17, 15) is 0 Å². The molecule has 0 bridgehead atoms. The zero-order valence-corrected chi connectivity index (χ0v) is 12.7. The van der Waals surface area contributed by atoms with Crippen LogP contribution in [0.2, 0.25) is 0 Å². The maximum Gasteiger partial charge on any atom is 0.0717 e. The lowest BCUT2D eigenvalue weighted by Crippen LogP contribution is -2.49. The molecule has 2 atom stereocenters. The summed E-state index contributed by atoms with van der Waals surface area (Å²) in [6.45, 7) is 6.64. The summed E-state index contributed by atoms with van der Waals surface area (Å²) in [5, 5.41) is 0. The minimum absolute atomic E-state index is 0.477. The van der Waals surface area contributed by atoms with Gasteiger partial charge in [0.1, 0.15) is 0 Å². The van der Waals surface area contributed by atoms with Gasteiger partial charge in [-0.3, -0.25) is 14.8 Å². The van der Waals surface area contributed by atoms with E-state index in [2.05, 4.69) is 26.9 Å². The first kappa shape index (κ1) is 13.7. The number of aromatic nitrogens is 1. The van der Waals surface area contributed by atoms with Crippen molar-refractivity contribution in [3.63, 3.8) is 0 Å². The highest BCUT2D eigenvalue weighted by molar-refractivity contribution is 5.04. The van der Waals surface area contributed by atoms with Crippen LogP contribution in [0.5, 0.6) is 0 Å². The smallest absolute Gasteiger partial charge is 0.0717 e. The predicted octanol–water partition coefficient (Wildman–Crippen LogP) is 1.77. The molecule has 0 radical (unpaired) electrons. The first-order valence-corrected chi connectivity index (χ1v) is 8.35. The molecule has 21 heavy (non-hydrogen) atoms. The maximum atomic E-state index is 6.10. The number of nitrogens with zero attached hydrogens (tertiary/aromatic N) is 3. The summed E-state index contributed by atoms with van der Waals surface area (Å²) in [5.41, 5.74) is 1.19. The Labute approximate surface area is 127 Å². The van der Waals surface area contributed by atoms with Gasteiger partial charge in [-0.2, -0.15) is 0 Å². The fourth-order valence-electron chi connectivity index (χ4n) is 3.60. The third-order valence-corrected chi connectivity index (χ3v) is 5.04. The van der Waals surface area contributed by atoms with E-state index < -0.39 is 0 Å². The van der Waals surface area contributed by atoms with Crippen LogP contribution < -0.4 is 0 Å². The molecule has 3 aliphatic rings. The molecule has 0 spiro atoms. The van der Waals surface area contributed by atoms with Gasteiger partial charge in [0.15, 0.2) is 0 Å². The average Bonchev–Trinajstić information content (AvgIpc) is 3.25. The van der Waals surface area contributed by atoms with Crippen molar-refractivity contribution in [2.45, 2.75) is 38.0 Å². The lowest BCUT2D eigenvalue weighted by molar-refractivity contribution is 0.0507. The van der Waals surface area contributed by atoms with Gasteiger partial charge in [-0.25, -0.2) is 0 Å². The van der Waals surface area contributed by atoms with Gasteiger partial charge < -0.3 is 4.74 Å². The van der Waals surface area contributed by atoms with Crippen LogP contribution in [0.1, 0.15) is 25.0 Å². The third kappa shape index (κ3) is 3.44. The Morgan fingerprint density at radius 3 is 2.95 bits per heavy atom. The number of fused-ring (bicyclic) bond motifs is 1. The molecule has 1 aliphatic carbocycles. The first-order chi connectivity index (χ1) is 10.4. The summed E-state index contributed by atoms with van der Waals surface area (Å²) in [5.74, 6) is 0.878. The second kappa shape index (κ2) is 6.03. The van der Waals surface area contributed by atoms with Crippen molar-refractivity contribution in [1.29, 1.82) is 0 Å². The minimum Gasteiger partial charge on any atom is -0.377 e. The zero-order valence-electron chi connectivity index (χ0n) is 12.7. The normalized spacial score (nSPS) is 30.5. The van der Waals surface area contributed by atoms with Crippen molar-refractivity contribution in [2.24, 2.45) is 5.92 Å². The van der Waals surface area contributed by atoms with Gasteiger partial charge in [0.2, 0.25) is 0 Å². The lowest BCUT2D eigenvalue weighted by atomic mass is 10.1. The van der Waals surface area contributed by atoms with E-state index in [-0.39, 0.29) is 0 Å². The number of rotatable bonds is 5. The van der Waals surface area contributed by atoms with Gasteiger partial charge >= 0.3 is 0 Å². The van der Waals surface area contributed by atoms with Crippen molar-refractivity contribution in [1.82, 2.24) is 14.8 Å². The molecule has 4 heteroatoms. The van der Waals surface area contributed by atoms with E-state index in [0.29, 0.717) is 12.1 Å². The number of piperazine rings is 1. The molecule has 1 aromatic heterocycles. The molecule has 0 amide bonds. The van der Waals surface area contributed by atoms with E-state index in [0.717, 1.165) is 32.2 Å². The summed E-state index contributed by atoms with van der Waals surface area (Å²) in [4.78, 5) is 9.63. The molecule has 0 aromatic carbocycles. The summed E-state index contributed by atoms with van der Waals surface area (Å²) in [6.07, 6.45) is 6.36. The van der Waals surface area contributed by atoms with E-state index in [1.54, 1.807) is 0 Å². The van der Waals surface area contributed by atoms with E-state index in [1.807, 2.05) is 12.3 Å². The van der Waals surface area contributed by atoms with Crippen LogP contribution >= 0.6 is 0 Å². The van der Waals surface area contributed by atoms with Crippen LogP contribution in [-0.4, -0.2) is 59.7 Å². The molecular formula is C17H25N3O. The van der Waals surface area contributed by atoms with Gasteiger partial charge in [0.05, 0.1) is 11.8 Å².